The van der Waals surface area contributed by atoms with Crippen LogP contribution in [0.25, 0.3) is 10.9 Å². The fourth-order valence-electron chi connectivity index (χ4n) is 2.40. The van der Waals surface area contributed by atoms with Gasteiger partial charge in [0, 0.05) is 11.6 Å². The Labute approximate surface area is 135 Å². The van der Waals surface area contributed by atoms with Gasteiger partial charge >= 0.3 is 0 Å². The molecule has 0 aliphatic carbocycles. The number of aromatic nitrogens is 2. The molecule has 114 valence electrons. The molecule has 22 heavy (non-hydrogen) atoms. The number of benzene rings is 1. The summed E-state index contributed by atoms with van der Waals surface area (Å²) in [6.07, 6.45) is 3.35. The molecule has 1 aromatic heterocycles. The van der Waals surface area contributed by atoms with Gasteiger partial charge in [-0.05, 0) is 23.6 Å². The van der Waals surface area contributed by atoms with E-state index in [1.807, 2.05) is 0 Å². The van der Waals surface area contributed by atoms with Crippen LogP contribution in [0.3, 0.4) is 0 Å². The molecule has 10 heteroatoms. The summed E-state index contributed by atoms with van der Waals surface area (Å²) in [6.45, 7) is 0. The van der Waals surface area contributed by atoms with Crippen LogP contribution in [0.1, 0.15) is 0 Å². The summed E-state index contributed by atoms with van der Waals surface area (Å²) >= 11 is 7.45. The van der Waals surface area contributed by atoms with Crippen molar-refractivity contribution in [3.8, 4) is 0 Å². The normalized spacial score (nSPS) is 23.9. The van der Waals surface area contributed by atoms with E-state index in [9.17, 15) is 8.42 Å². The number of anilines is 1. The van der Waals surface area contributed by atoms with Crippen molar-refractivity contribution in [2.75, 3.05) is 4.72 Å². The Bertz CT molecular complexity index is 907. The van der Waals surface area contributed by atoms with Crippen LogP contribution in [0.5, 0.6) is 0 Å². The lowest BCUT2D eigenvalue weighted by Crippen LogP contribution is -2.42. The zero-order valence-corrected chi connectivity index (χ0v) is 13.4. The molecule has 0 amide bonds. The highest BCUT2D eigenvalue weighted by molar-refractivity contribution is 8.16. The van der Waals surface area contributed by atoms with Gasteiger partial charge in [-0.3, -0.25) is 9.82 Å². The number of hydrogen-bond acceptors (Lipinski definition) is 6. The molecular weight excluding hydrogens is 346 g/mol. The molecule has 0 bridgehead atoms. The number of nitrogens with one attached hydrogen (secondary N) is 2. The summed E-state index contributed by atoms with van der Waals surface area (Å²) in [4.78, 5) is 5.72. The van der Waals surface area contributed by atoms with Crippen molar-refractivity contribution in [2.45, 2.75) is 10.9 Å². The standard InChI is InChI=1S/C12H10ClN5O2S2/c13-10-11(18-3-4-21-12(18)15-10)22(19,20)17-8-2-1-7-6-14-16-9(7)5-8/h1-6,10-11,17H,(H,14,16). The molecule has 0 spiro atoms. The molecular formula is C12H10ClN5O2S2. The highest BCUT2D eigenvalue weighted by atomic mass is 35.5. The van der Waals surface area contributed by atoms with Gasteiger partial charge in [0.25, 0.3) is 10.0 Å². The Morgan fingerprint density at radius 3 is 3.14 bits per heavy atom. The van der Waals surface area contributed by atoms with Crippen LogP contribution in [0, 0.1) is 0 Å². The summed E-state index contributed by atoms with van der Waals surface area (Å²) in [7, 11) is -3.74. The molecule has 0 saturated heterocycles. The number of aromatic amines is 1. The van der Waals surface area contributed by atoms with Crippen LogP contribution in [0.4, 0.5) is 5.69 Å². The second-order valence-corrected chi connectivity index (χ2v) is 7.90. The predicted molar refractivity (Wildman–Crippen MR) is 88.1 cm³/mol. The van der Waals surface area contributed by atoms with E-state index in [1.165, 1.54) is 11.8 Å². The van der Waals surface area contributed by atoms with Crippen LogP contribution < -0.4 is 4.72 Å². The number of alkyl halides is 1. The van der Waals surface area contributed by atoms with Gasteiger partial charge in [0.05, 0.1) is 17.4 Å². The van der Waals surface area contributed by atoms with Gasteiger partial charge in [0.2, 0.25) is 0 Å². The Kier molecular flexibility index (Phi) is 3.10. The van der Waals surface area contributed by atoms with E-state index in [1.54, 1.807) is 40.9 Å². The highest BCUT2D eigenvalue weighted by Crippen LogP contribution is 2.35. The molecule has 2 unspecified atom stereocenters. The third-order valence-corrected chi connectivity index (χ3v) is 6.29. The minimum absolute atomic E-state index is 0.449. The van der Waals surface area contributed by atoms with E-state index < -0.39 is 20.9 Å². The maximum Gasteiger partial charge on any atom is 0.257 e. The van der Waals surface area contributed by atoms with Gasteiger partial charge in [-0.2, -0.15) is 5.10 Å². The molecule has 4 rings (SSSR count). The molecule has 2 aliphatic heterocycles. The Morgan fingerprint density at radius 2 is 2.27 bits per heavy atom. The first-order valence-electron chi connectivity index (χ1n) is 6.33. The average molecular weight is 356 g/mol. The monoisotopic (exact) mass is 355 g/mol. The smallest absolute Gasteiger partial charge is 0.257 e. The Hall–Kier alpha value is -1.71. The van der Waals surface area contributed by atoms with Gasteiger partial charge in [-0.25, -0.2) is 13.4 Å². The number of rotatable bonds is 3. The number of thioether (sulfide) groups is 1. The second kappa shape index (κ2) is 4.90. The van der Waals surface area contributed by atoms with Crippen LogP contribution in [0.15, 0.2) is 41.0 Å². The number of amidine groups is 1. The first-order chi connectivity index (χ1) is 10.5. The molecule has 2 aromatic rings. The van der Waals surface area contributed by atoms with Crippen LogP contribution in [-0.4, -0.2) is 39.6 Å². The van der Waals surface area contributed by atoms with E-state index in [-0.39, 0.29) is 0 Å². The number of sulfonamides is 1. The lowest BCUT2D eigenvalue weighted by molar-refractivity contribution is 0.504. The average Bonchev–Trinajstić information content (AvgIpc) is 3.11. The fourth-order valence-corrected chi connectivity index (χ4v) is 5.33. The highest BCUT2D eigenvalue weighted by Gasteiger charge is 2.45. The maximum atomic E-state index is 12.7. The van der Waals surface area contributed by atoms with Crippen molar-refractivity contribution in [1.82, 2.24) is 15.1 Å². The topological polar surface area (TPSA) is 90.4 Å². The van der Waals surface area contributed by atoms with Crippen LogP contribution >= 0.6 is 23.4 Å². The van der Waals surface area contributed by atoms with E-state index in [2.05, 4.69) is 19.9 Å². The SMILES string of the molecule is O=S(=O)(Nc1ccc2cn[nH]c2c1)C1C(Cl)N=C2SC=CN21. The van der Waals surface area contributed by atoms with Crippen LogP contribution in [-0.2, 0) is 10.0 Å². The van der Waals surface area contributed by atoms with Crippen molar-refractivity contribution in [1.29, 1.82) is 0 Å². The maximum absolute atomic E-state index is 12.7. The number of hydrogen-bond donors (Lipinski definition) is 2. The molecule has 2 N–H and O–H groups in total. The van der Waals surface area contributed by atoms with Crippen LogP contribution in [0.2, 0.25) is 0 Å². The van der Waals surface area contributed by atoms with E-state index in [4.69, 9.17) is 11.6 Å². The molecule has 2 aliphatic rings. The van der Waals surface area contributed by atoms with E-state index >= 15 is 0 Å². The summed E-state index contributed by atoms with van der Waals surface area (Å²) in [5.74, 6) is 0. The van der Waals surface area contributed by atoms with Gasteiger partial charge in [-0.15, -0.1) is 0 Å². The van der Waals surface area contributed by atoms with Crippen molar-refractivity contribution in [2.24, 2.45) is 4.99 Å². The molecule has 2 atom stereocenters. The van der Waals surface area contributed by atoms with Crippen molar-refractivity contribution in [3.63, 3.8) is 0 Å². The summed E-state index contributed by atoms with van der Waals surface area (Å²) in [5, 5.41) is 9.03. The van der Waals surface area contributed by atoms with Gasteiger partial charge in [0.15, 0.2) is 16.0 Å². The Morgan fingerprint density at radius 1 is 1.41 bits per heavy atom. The third kappa shape index (κ3) is 2.16. The van der Waals surface area contributed by atoms with Crippen molar-refractivity contribution in [3.05, 3.63) is 36.0 Å². The summed E-state index contributed by atoms with van der Waals surface area (Å²) in [6, 6.07) is 5.16. The van der Waals surface area contributed by atoms with Gasteiger partial charge in [0.1, 0.15) is 0 Å². The van der Waals surface area contributed by atoms with E-state index in [0.29, 0.717) is 10.9 Å². The van der Waals surface area contributed by atoms with Gasteiger partial charge < -0.3 is 4.90 Å². The lowest BCUT2D eigenvalue weighted by Gasteiger charge is -2.22. The molecule has 0 fully saturated rings. The predicted octanol–water partition coefficient (Wildman–Crippen LogP) is 2.09. The number of fused-ring (bicyclic) bond motifs is 2. The minimum Gasteiger partial charge on any atom is -0.305 e. The quantitative estimate of drug-likeness (QED) is 0.650. The molecule has 0 saturated carbocycles. The second-order valence-electron chi connectivity index (χ2n) is 4.80. The number of halogens is 1. The fraction of sp³-hybridized carbons (Fsp3) is 0.167. The first-order valence-corrected chi connectivity index (χ1v) is 9.19. The Balaban J connectivity index is 1.65. The molecule has 3 heterocycles. The number of H-pyrrole nitrogens is 1. The number of aliphatic imine (C=N–C) groups is 1. The number of nitrogens with zero attached hydrogens (tertiary/aromatic N) is 3. The van der Waals surface area contributed by atoms with E-state index in [0.717, 1.165) is 10.9 Å². The summed E-state index contributed by atoms with van der Waals surface area (Å²) in [5.41, 5.74) is 0.355. The van der Waals surface area contributed by atoms with Crippen molar-refractivity contribution < 1.29 is 8.42 Å². The zero-order valence-electron chi connectivity index (χ0n) is 11.0. The summed E-state index contributed by atoms with van der Waals surface area (Å²) < 4.78 is 27.9. The lowest BCUT2D eigenvalue weighted by atomic mass is 10.2. The molecule has 0 radical (unpaired) electrons. The largest absolute Gasteiger partial charge is 0.305 e. The van der Waals surface area contributed by atoms with Gasteiger partial charge in [-0.1, -0.05) is 23.4 Å². The first kappa shape index (κ1) is 13.9. The minimum atomic E-state index is -3.74. The molecule has 7 nitrogen and oxygen atoms in total. The van der Waals surface area contributed by atoms with Crippen molar-refractivity contribution >= 4 is 55.1 Å². The third-order valence-electron chi connectivity index (χ3n) is 3.38. The molecule has 1 aromatic carbocycles. The zero-order chi connectivity index (χ0) is 15.3.